The molecule has 2 aliphatic rings. The third-order valence-electron chi connectivity index (χ3n) is 3.38. The van der Waals surface area contributed by atoms with Crippen molar-refractivity contribution in [2.45, 2.75) is 32.2 Å². The number of hydrogen-bond acceptors (Lipinski definition) is 3. The third-order valence-corrected chi connectivity index (χ3v) is 3.38. The highest BCUT2D eigenvalue weighted by Gasteiger charge is 2.47. The van der Waals surface area contributed by atoms with Gasteiger partial charge in [-0.05, 0) is 24.2 Å². The third kappa shape index (κ3) is 1.16. The van der Waals surface area contributed by atoms with Crippen molar-refractivity contribution in [3.63, 3.8) is 0 Å². The molecule has 0 bridgehead atoms. The van der Waals surface area contributed by atoms with Crippen LogP contribution in [0.25, 0.3) is 0 Å². The normalized spacial score (nSPS) is 52.8. The topological polar surface area (TPSA) is 49.7 Å². The van der Waals surface area contributed by atoms with Crippen molar-refractivity contribution < 1.29 is 14.9 Å². The lowest BCUT2D eigenvalue weighted by Gasteiger charge is -2.17. The van der Waals surface area contributed by atoms with E-state index in [9.17, 15) is 5.11 Å². The van der Waals surface area contributed by atoms with Gasteiger partial charge < -0.3 is 14.9 Å². The molecule has 2 unspecified atom stereocenters. The standard InChI is InChI=1S/C9H16O3/c1-5-2-8-6(7(5)4-10)3-9(11)12-8/h5-11H,2-4H2,1H3/t5-,6-,7+,8?,9?/m1/s1. The predicted molar refractivity (Wildman–Crippen MR) is 43.3 cm³/mol. The minimum atomic E-state index is -0.582. The Labute approximate surface area is 72.3 Å². The minimum absolute atomic E-state index is 0.201. The molecule has 3 nitrogen and oxygen atoms in total. The van der Waals surface area contributed by atoms with Crippen LogP contribution in [0.3, 0.4) is 0 Å². The second-order valence-corrected chi connectivity index (χ2v) is 4.09. The van der Waals surface area contributed by atoms with Crippen LogP contribution >= 0.6 is 0 Å². The van der Waals surface area contributed by atoms with Gasteiger partial charge in [-0.2, -0.15) is 0 Å². The van der Waals surface area contributed by atoms with Crippen LogP contribution in [0.4, 0.5) is 0 Å². The summed E-state index contributed by atoms with van der Waals surface area (Å²) in [7, 11) is 0. The molecule has 0 spiro atoms. The highest BCUT2D eigenvalue weighted by atomic mass is 16.6. The molecule has 0 aromatic rings. The quantitative estimate of drug-likeness (QED) is 0.600. The lowest BCUT2D eigenvalue weighted by atomic mass is 9.89. The van der Waals surface area contributed by atoms with Gasteiger partial charge >= 0.3 is 0 Å². The van der Waals surface area contributed by atoms with E-state index in [1.807, 2.05) is 0 Å². The van der Waals surface area contributed by atoms with Gasteiger partial charge in [0, 0.05) is 13.0 Å². The van der Waals surface area contributed by atoms with Crippen molar-refractivity contribution in [2.24, 2.45) is 17.8 Å². The molecule has 1 aliphatic heterocycles. The van der Waals surface area contributed by atoms with Crippen molar-refractivity contribution in [3.8, 4) is 0 Å². The number of fused-ring (bicyclic) bond motifs is 1. The Morgan fingerprint density at radius 2 is 2.17 bits per heavy atom. The Morgan fingerprint density at radius 1 is 1.42 bits per heavy atom. The molecular weight excluding hydrogens is 156 g/mol. The number of hydrogen-bond donors (Lipinski definition) is 2. The molecule has 0 aromatic heterocycles. The Balaban J connectivity index is 2.06. The van der Waals surface area contributed by atoms with Crippen LogP contribution in [0.15, 0.2) is 0 Å². The first-order valence-electron chi connectivity index (χ1n) is 4.66. The molecule has 70 valence electrons. The highest BCUT2D eigenvalue weighted by molar-refractivity contribution is 4.93. The Hall–Kier alpha value is -0.120. The van der Waals surface area contributed by atoms with E-state index >= 15 is 0 Å². The van der Waals surface area contributed by atoms with E-state index in [0.717, 1.165) is 6.42 Å². The van der Waals surface area contributed by atoms with E-state index in [0.29, 0.717) is 24.2 Å². The number of ether oxygens (including phenoxy) is 1. The Kier molecular flexibility index (Phi) is 2.10. The maximum Gasteiger partial charge on any atom is 0.155 e. The van der Waals surface area contributed by atoms with Crippen LogP contribution in [-0.2, 0) is 4.74 Å². The molecular formula is C9H16O3. The molecule has 2 fully saturated rings. The van der Waals surface area contributed by atoms with Gasteiger partial charge in [-0.25, -0.2) is 0 Å². The minimum Gasteiger partial charge on any atom is -0.396 e. The average Bonchev–Trinajstić information content (AvgIpc) is 2.43. The maximum absolute atomic E-state index is 9.23. The smallest absolute Gasteiger partial charge is 0.155 e. The second-order valence-electron chi connectivity index (χ2n) is 4.09. The summed E-state index contributed by atoms with van der Waals surface area (Å²) in [5, 5.41) is 18.4. The molecule has 0 amide bonds. The lowest BCUT2D eigenvalue weighted by molar-refractivity contribution is -0.0922. The highest BCUT2D eigenvalue weighted by Crippen LogP contribution is 2.45. The van der Waals surface area contributed by atoms with E-state index in [1.54, 1.807) is 0 Å². The number of aliphatic hydroxyl groups is 2. The fourth-order valence-corrected chi connectivity index (χ4v) is 2.70. The van der Waals surface area contributed by atoms with Gasteiger partial charge in [0.2, 0.25) is 0 Å². The lowest BCUT2D eigenvalue weighted by Crippen LogP contribution is -2.19. The summed E-state index contributed by atoms with van der Waals surface area (Å²) < 4.78 is 5.33. The van der Waals surface area contributed by atoms with Crippen LogP contribution < -0.4 is 0 Å². The van der Waals surface area contributed by atoms with E-state index in [-0.39, 0.29) is 12.7 Å². The van der Waals surface area contributed by atoms with Gasteiger partial charge in [0.25, 0.3) is 0 Å². The second kappa shape index (κ2) is 2.98. The fraction of sp³-hybridized carbons (Fsp3) is 1.00. The van der Waals surface area contributed by atoms with Gasteiger partial charge in [0.05, 0.1) is 6.10 Å². The molecule has 1 aliphatic carbocycles. The van der Waals surface area contributed by atoms with Crippen LogP contribution in [-0.4, -0.2) is 29.2 Å². The zero-order valence-corrected chi connectivity index (χ0v) is 7.31. The Bertz CT molecular complexity index is 171. The van der Waals surface area contributed by atoms with Crippen molar-refractivity contribution in [3.05, 3.63) is 0 Å². The van der Waals surface area contributed by atoms with Gasteiger partial charge in [0.15, 0.2) is 6.29 Å². The molecule has 0 aromatic carbocycles. The molecule has 1 heterocycles. The molecule has 12 heavy (non-hydrogen) atoms. The van der Waals surface area contributed by atoms with E-state index in [1.165, 1.54) is 0 Å². The summed E-state index contributed by atoms with van der Waals surface area (Å²) in [6.07, 6.45) is 1.32. The SMILES string of the molecule is C[C@@H]1CC2OC(O)C[C@@H]2[C@H]1CO. The Morgan fingerprint density at radius 3 is 2.83 bits per heavy atom. The molecule has 1 saturated heterocycles. The summed E-state index contributed by atoms with van der Waals surface area (Å²) in [6, 6.07) is 0. The predicted octanol–water partition coefficient (Wildman–Crippen LogP) is 0.358. The van der Waals surface area contributed by atoms with Crippen molar-refractivity contribution in [2.75, 3.05) is 6.61 Å². The first-order valence-corrected chi connectivity index (χ1v) is 4.66. The van der Waals surface area contributed by atoms with E-state index in [2.05, 4.69) is 6.92 Å². The summed E-state index contributed by atoms with van der Waals surface area (Å²) in [5.74, 6) is 1.27. The summed E-state index contributed by atoms with van der Waals surface area (Å²) in [4.78, 5) is 0. The van der Waals surface area contributed by atoms with Crippen LogP contribution in [0.5, 0.6) is 0 Å². The van der Waals surface area contributed by atoms with Crippen LogP contribution in [0.2, 0.25) is 0 Å². The number of rotatable bonds is 1. The molecule has 2 N–H and O–H groups in total. The maximum atomic E-state index is 9.23. The van der Waals surface area contributed by atoms with Crippen molar-refractivity contribution in [1.29, 1.82) is 0 Å². The van der Waals surface area contributed by atoms with Gasteiger partial charge in [-0.1, -0.05) is 6.92 Å². The largest absolute Gasteiger partial charge is 0.396 e. The zero-order valence-electron chi connectivity index (χ0n) is 7.31. The monoisotopic (exact) mass is 172 g/mol. The zero-order chi connectivity index (χ0) is 8.72. The van der Waals surface area contributed by atoms with Gasteiger partial charge in [-0.15, -0.1) is 0 Å². The van der Waals surface area contributed by atoms with Crippen LogP contribution in [0, 0.1) is 17.8 Å². The summed E-state index contributed by atoms with van der Waals surface area (Å²) in [6.45, 7) is 2.38. The fourth-order valence-electron chi connectivity index (χ4n) is 2.70. The molecule has 1 saturated carbocycles. The molecule has 5 atom stereocenters. The molecule has 0 radical (unpaired) electrons. The average molecular weight is 172 g/mol. The summed E-state index contributed by atoms with van der Waals surface area (Å²) in [5.41, 5.74) is 0. The summed E-state index contributed by atoms with van der Waals surface area (Å²) >= 11 is 0. The first-order chi connectivity index (χ1) is 5.72. The van der Waals surface area contributed by atoms with Gasteiger partial charge in [-0.3, -0.25) is 0 Å². The van der Waals surface area contributed by atoms with E-state index < -0.39 is 6.29 Å². The van der Waals surface area contributed by atoms with E-state index in [4.69, 9.17) is 9.84 Å². The first kappa shape index (κ1) is 8.48. The van der Waals surface area contributed by atoms with Crippen molar-refractivity contribution >= 4 is 0 Å². The van der Waals surface area contributed by atoms with Crippen molar-refractivity contribution in [1.82, 2.24) is 0 Å². The molecule has 2 rings (SSSR count). The van der Waals surface area contributed by atoms with Gasteiger partial charge in [0.1, 0.15) is 0 Å². The number of aliphatic hydroxyl groups excluding tert-OH is 2. The van der Waals surface area contributed by atoms with Crippen LogP contribution in [0.1, 0.15) is 19.8 Å². The molecule has 3 heteroatoms.